The van der Waals surface area contributed by atoms with Gasteiger partial charge < -0.3 is 9.63 Å². The number of rotatable bonds is 2. The van der Waals surface area contributed by atoms with Crippen molar-refractivity contribution >= 4 is 11.6 Å². The van der Waals surface area contributed by atoms with Gasteiger partial charge in [0, 0.05) is 10.6 Å². The second-order valence-corrected chi connectivity index (χ2v) is 3.55. The summed E-state index contributed by atoms with van der Waals surface area (Å²) < 4.78 is 4.97. The lowest BCUT2D eigenvalue weighted by Crippen LogP contribution is -1.85. The molecule has 0 spiro atoms. The van der Waals surface area contributed by atoms with Crippen LogP contribution < -0.4 is 0 Å². The maximum atomic E-state index is 8.79. The molecular weight excluding hydrogens is 216 g/mol. The van der Waals surface area contributed by atoms with E-state index in [1.165, 1.54) is 0 Å². The summed E-state index contributed by atoms with van der Waals surface area (Å²) in [5.74, 6) is 0.663. The minimum absolute atomic E-state index is 0.226. The van der Waals surface area contributed by atoms with E-state index in [9.17, 15) is 0 Å². The first-order valence-electron chi connectivity index (χ1n) is 4.40. The summed E-state index contributed by atoms with van der Waals surface area (Å²) in [5.41, 5.74) is 1.74. The fourth-order valence-electron chi connectivity index (χ4n) is 1.21. The number of aliphatic hydroxyl groups is 1. The Morgan fingerprint density at radius 3 is 2.87 bits per heavy atom. The van der Waals surface area contributed by atoms with Gasteiger partial charge in [-0.05, 0) is 30.7 Å². The van der Waals surface area contributed by atoms with Crippen molar-refractivity contribution in [3.63, 3.8) is 0 Å². The standard InChI is InChI=1S/C10H9ClN2O2/c1-6-4-7(2-3-8(6)11)10-12-9(5-14)13-15-10/h2-4,14H,5H2,1H3. The lowest BCUT2D eigenvalue weighted by molar-refractivity contribution is 0.264. The second kappa shape index (κ2) is 4.00. The Labute approximate surface area is 91.5 Å². The van der Waals surface area contributed by atoms with Gasteiger partial charge in [-0.15, -0.1) is 0 Å². The summed E-state index contributed by atoms with van der Waals surface area (Å²) in [6.07, 6.45) is 0. The Kier molecular flexibility index (Phi) is 2.70. The van der Waals surface area contributed by atoms with E-state index in [0.717, 1.165) is 11.1 Å². The van der Waals surface area contributed by atoms with Crippen LogP contribution in [0.5, 0.6) is 0 Å². The van der Waals surface area contributed by atoms with Crippen LogP contribution in [0.15, 0.2) is 22.7 Å². The molecule has 78 valence electrons. The molecule has 0 saturated carbocycles. The van der Waals surface area contributed by atoms with Gasteiger partial charge in [-0.1, -0.05) is 16.8 Å². The van der Waals surface area contributed by atoms with Gasteiger partial charge in [0.1, 0.15) is 6.61 Å². The summed E-state index contributed by atoms with van der Waals surface area (Å²) >= 11 is 5.89. The first kappa shape index (κ1) is 10.1. The zero-order valence-corrected chi connectivity index (χ0v) is 8.82. The molecule has 0 unspecified atom stereocenters. The molecule has 0 bridgehead atoms. The van der Waals surface area contributed by atoms with Gasteiger partial charge in [0.05, 0.1) is 0 Å². The van der Waals surface area contributed by atoms with Crippen molar-refractivity contribution in [2.45, 2.75) is 13.5 Å². The zero-order chi connectivity index (χ0) is 10.8. The molecule has 0 aliphatic carbocycles. The Morgan fingerprint density at radius 2 is 2.27 bits per heavy atom. The van der Waals surface area contributed by atoms with E-state index in [1.807, 2.05) is 13.0 Å². The van der Waals surface area contributed by atoms with Gasteiger partial charge in [-0.25, -0.2) is 0 Å². The number of aromatic nitrogens is 2. The van der Waals surface area contributed by atoms with Crippen LogP contribution in [0.3, 0.4) is 0 Å². The number of aliphatic hydroxyl groups excluding tert-OH is 1. The minimum atomic E-state index is -0.226. The average molecular weight is 225 g/mol. The van der Waals surface area contributed by atoms with E-state index < -0.39 is 0 Å². The van der Waals surface area contributed by atoms with Crippen molar-refractivity contribution in [3.8, 4) is 11.5 Å². The monoisotopic (exact) mass is 224 g/mol. The third-order valence-corrected chi connectivity index (χ3v) is 2.44. The van der Waals surface area contributed by atoms with Gasteiger partial charge in [0.2, 0.25) is 0 Å². The molecule has 0 radical (unpaired) electrons. The highest BCUT2D eigenvalue weighted by atomic mass is 35.5. The maximum Gasteiger partial charge on any atom is 0.258 e. The summed E-state index contributed by atoms with van der Waals surface area (Å²) in [4.78, 5) is 4.00. The molecule has 15 heavy (non-hydrogen) atoms. The van der Waals surface area contributed by atoms with E-state index in [0.29, 0.717) is 10.9 Å². The fraction of sp³-hybridized carbons (Fsp3) is 0.200. The van der Waals surface area contributed by atoms with E-state index in [-0.39, 0.29) is 12.4 Å². The van der Waals surface area contributed by atoms with Crippen LogP contribution >= 0.6 is 11.6 Å². The van der Waals surface area contributed by atoms with Crippen LogP contribution in [0.4, 0.5) is 0 Å². The summed E-state index contributed by atoms with van der Waals surface area (Å²) in [6, 6.07) is 5.43. The van der Waals surface area contributed by atoms with Gasteiger partial charge >= 0.3 is 0 Å². The van der Waals surface area contributed by atoms with Crippen LogP contribution in [0.1, 0.15) is 11.4 Å². The maximum absolute atomic E-state index is 8.79. The van der Waals surface area contributed by atoms with Crippen LogP contribution in [-0.2, 0) is 6.61 Å². The summed E-state index contributed by atoms with van der Waals surface area (Å²) in [5, 5.41) is 13.1. The number of hydrogen-bond acceptors (Lipinski definition) is 4. The molecule has 2 aromatic rings. The molecule has 4 nitrogen and oxygen atoms in total. The molecule has 1 aromatic carbocycles. The molecule has 0 amide bonds. The fourth-order valence-corrected chi connectivity index (χ4v) is 1.33. The predicted octanol–water partition coefficient (Wildman–Crippen LogP) is 2.19. The van der Waals surface area contributed by atoms with Crippen molar-refractivity contribution in [3.05, 3.63) is 34.6 Å². The topological polar surface area (TPSA) is 59.2 Å². The van der Waals surface area contributed by atoms with E-state index in [4.69, 9.17) is 21.2 Å². The van der Waals surface area contributed by atoms with Crippen LogP contribution in [0.2, 0.25) is 5.02 Å². The lowest BCUT2D eigenvalue weighted by Gasteiger charge is -1.98. The van der Waals surface area contributed by atoms with Crippen LogP contribution in [-0.4, -0.2) is 15.2 Å². The molecule has 0 fully saturated rings. The largest absolute Gasteiger partial charge is 0.388 e. The third-order valence-electron chi connectivity index (χ3n) is 2.01. The van der Waals surface area contributed by atoms with Gasteiger partial charge in [0.15, 0.2) is 5.82 Å². The molecule has 0 saturated heterocycles. The molecule has 0 atom stereocenters. The summed E-state index contributed by atoms with van der Waals surface area (Å²) in [7, 11) is 0. The Balaban J connectivity index is 2.40. The molecule has 5 heteroatoms. The van der Waals surface area contributed by atoms with Gasteiger partial charge in [-0.3, -0.25) is 0 Å². The molecule has 0 aliphatic rings. The van der Waals surface area contributed by atoms with E-state index in [1.54, 1.807) is 12.1 Å². The number of nitrogens with zero attached hydrogens (tertiary/aromatic N) is 2. The van der Waals surface area contributed by atoms with Gasteiger partial charge in [0.25, 0.3) is 5.89 Å². The Bertz CT molecular complexity index is 482. The average Bonchev–Trinajstić information content (AvgIpc) is 2.70. The molecule has 1 aromatic heterocycles. The van der Waals surface area contributed by atoms with E-state index in [2.05, 4.69) is 10.1 Å². The molecule has 0 aliphatic heterocycles. The molecule has 1 heterocycles. The zero-order valence-electron chi connectivity index (χ0n) is 8.07. The van der Waals surface area contributed by atoms with Crippen LogP contribution in [0, 0.1) is 6.92 Å². The van der Waals surface area contributed by atoms with Gasteiger partial charge in [-0.2, -0.15) is 4.98 Å². The van der Waals surface area contributed by atoms with Crippen molar-refractivity contribution in [1.82, 2.24) is 10.1 Å². The Morgan fingerprint density at radius 1 is 1.47 bits per heavy atom. The van der Waals surface area contributed by atoms with Crippen molar-refractivity contribution in [1.29, 1.82) is 0 Å². The Hall–Kier alpha value is -1.39. The van der Waals surface area contributed by atoms with Crippen molar-refractivity contribution in [2.75, 3.05) is 0 Å². The second-order valence-electron chi connectivity index (χ2n) is 3.14. The third kappa shape index (κ3) is 2.00. The number of halogens is 1. The van der Waals surface area contributed by atoms with E-state index >= 15 is 0 Å². The molecule has 2 rings (SSSR count). The quantitative estimate of drug-likeness (QED) is 0.850. The highest BCUT2D eigenvalue weighted by Crippen LogP contribution is 2.23. The number of aryl methyl sites for hydroxylation is 1. The normalized spacial score (nSPS) is 10.6. The summed E-state index contributed by atoms with van der Waals surface area (Å²) in [6.45, 7) is 1.67. The highest BCUT2D eigenvalue weighted by Gasteiger charge is 2.08. The molecule has 1 N–H and O–H groups in total. The minimum Gasteiger partial charge on any atom is -0.388 e. The lowest BCUT2D eigenvalue weighted by atomic mass is 10.1. The smallest absolute Gasteiger partial charge is 0.258 e. The molecular formula is C10H9ClN2O2. The van der Waals surface area contributed by atoms with Crippen molar-refractivity contribution in [2.24, 2.45) is 0 Å². The predicted molar refractivity (Wildman–Crippen MR) is 55.4 cm³/mol. The first-order valence-corrected chi connectivity index (χ1v) is 4.78. The number of benzene rings is 1. The highest BCUT2D eigenvalue weighted by molar-refractivity contribution is 6.31. The first-order chi connectivity index (χ1) is 7.20. The SMILES string of the molecule is Cc1cc(-c2nc(CO)no2)ccc1Cl. The van der Waals surface area contributed by atoms with Crippen molar-refractivity contribution < 1.29 is 9.63 Å². The van der Waals surface area contributed by atoms with Crippen LogP contribution in [0.25, 0.3) is 11.5 Å². The number of hydrogen-bond donors (Lipinski definition) is 1.